The van der Waals surface area contributed by atoms with E-state index >= 15 is 0 Å². The largest absolute Gasteiger partial charge is 0.573 e. The van der Waals surface area contributed by atoms with Crippen LogP contribution in [0.2, 0.25) is 0 Å². The second kappa shape index (κ2) is 5.36. The van der Waals surface area contributed by atoms with Gasteiger partial charge in [0.25, 0.3) is 0 Å². The van der Waals surface area contributed by atoms with Gasteiger partial charge in [-0.3, -0.25) is 0 Å². The van der Waals surface area contributed by atoms with E-state index in [0.717, 1.165) is 6.07 Å². The standard InChI is InChI=1S/C9H9F4NO.ClH/c1-5(14)7-3-2-6(4-8(7)10)15-9(11,12)13;/h2-5H,14H2,1H3;1H/t5-;/m0./s1. The molecule has 16 heavy (non-hydrogen) atoms. The Morgan fingerprint density at radius 3 is 2.25 bits per heavy atom. The molecule has 0 fully saturated rings. The van der Waals surface area contributed by atoms with Crippen molar-refractivity contribution < 1.29 is 22.3 Å². The molecule has 0 aliphatic rings. The summed E-state index contributed by atoms with van der Waals surface area (Å²) in [6, 6.07) is 2.27. The summed E-state index contributed by atoms with van der Waals surface area (Å²) >= 11 is 0. The first-order chi connectivity index (χ1) is 6.79. The lowest BCUT2D eigenvalue weighted by molar-refractivity contribution is -0.274. The van der Waals surface area contributed by atoms with E-state index in [1.807, 2.05) is 0 Å². The molecule has 1 atom stereocenters. The molecule has 0 saturated heterocycles. The molecule has 0 saturated carbocycles. The van der Waals surface area contributed by atoms with Crippen molar-refractivity contribution in [2.24, 2.45) is 5.73 Å². The predicted octanol–water partition coefficient (Wildman–Crippen LogP) is 3.17. The van der Waals surface area contributed by atoms with Crippen molar-refractivity contribution in [1.82, 2.24) is 0 Å². The molecule has 0 spiro atoms. The minimum atomic E-state index is -4.82. The maximum atomic E-state index is 13.1. The van der Waals surface area contributed by atoms with Crippen molar-refractivity contribution >= 4 is 12.4 Å². The van der Waals surface area contributed by atoms with Gasteiger partial charge in [-0.05, 0) is 13.0 Å². The summed E-state index contributed by atoms with van der Waals surface area (Å²) in [5.74, 6) is -1.41. The van der Waals surface area contributed by atoms with E-state index in [0.29, 0.717) is 6.07 Å². The van der Waals surface area contributed by atoms with Crippen LogP contribution in [0, 0.1) is 5.82 Å². The van der Waals surface area contributed by atoms with Crippen LogP contribution in [0.15, 0.2) is 18.2 Å². The maximum Gasteiger partial charge on any atom is 0.573 e. The molecule has 2 nitrogen and oxygen atoms in total. The van der Waals surface area contributed by atoms with E-state index in [9.17, 15) is 17.6 Å². The third-order valence-electron chi connectivity index (χ3n) is 1.70. The van der Waals surface area contributed by atoms with Crippen molar-refractivity contribution in [2.75, 3.05) is 0 Å². The van der Waals surface area contributed by atoms with Gasteiger partial charge in [0.05, 0.1) is 0 Å². The van der Waals surface area contributed by atoms with Crippen LogP contribution in [0.4, 0.5) is 17.6 Å². The fourth-order valence-corrected chi connectivity index (χ4v) is 1.07. The van der Waals surface area contributed by atoms with E-state index in [4.69, 9.17) is 5.73 Å². The van der Waals surface area contributed by atoms with Gasteiger partial charge in [-0.1, -0.05) is 6.07 Å². The van der Waals surface area contributed by atoms with Gasteiger partial charge >= 0.3 is 6.36 Å². The number of hydrogen-bond acceptors (Lipinski definition) is 2. The summed E-state index contributed by atoms with van der Waals surface area (Å²) in [5, 5.41) is 0. The maximum absolute atomic E-state index is 13.1. The number of alkyl halides is 3. The lowest BCUT2D eigenvalue weighted by atomic mass is 10.1. The normalized spacial score (nSPS) is 12.9. The Labute approximate surface area is 95.8 Å². The second-order valence-corrected chi connectivity index (χ2v) is 3.02. The highest BCUT2D eigenvalue weighted by atomic mass is 35.5. The van der Waals surface area contributed by atoms with Gasteiger partial charge in [-0.2, -0.15) is 0 Å². The number of rotatable bonds is 2. The summed E-state index contributed by atoms with van der Waals surface area (Å²) in [4.78, 5) is 0. The molecule has 0 aromatic heterocycles. The van der Waals surface area contributed by atoms with Crippen LogP contribution in [0.3, 0.4) is 0 Å². The fraction of sp³-hybridized carbons (Fsp3) is 0.333. The van der Waals surface area contributed by atoms with E-state index < -0.39 is 24.0 Å². The molecule has 0 amide bonds. The van der Waals surface area contributed by atoms with Gasteiger partial charge in [0.1, 0.15) is 11.6 Å². The van der Waals surface area contributed by atoms with Crippen molar-refractivity contribution in [3.8, 4) is 5.75 Å². The first-order valence-electron chi connectivity index (χ1n) is 4.10. The lowest BCUT2D eigenvalue weighted by Crippen LogP contribution is -2.17. The summed E-state index contributed by atoms with van der Waals surface area (Å²) in [7, 11) is 0. The quantitative estimate of drug-likeness (QED) is 0.828. The molecule has 0 unspecified atom stereocenters. The molecule has 1 aromatic carbocycles. The number of nitrogens with two attached hydrogens (primary N) is 1. The summed E-state index contributed by atoms with van der Waals surface area (Å²) in [6.07, 6.45) is -4.82. The highest BCUT2D eigenvalue weighted by molar-refractivity contribution is 5.85. The van der Waals surface area contributed by atoms with E-state index in [1.165, 1.54) is 13.0 Å². The molecule has 2 N–H and O–H groups in total. The minimum absolute atomic E-state index is 0. The van der Waals surface area contributed by atoms with E-state index in [-0.39, 0.29) is 18.0 Å². The summed E-state index contributed by atoms with van der Waals surface area (Å²) < 4.78 is 52.0. The monoisotopic (exact) mass is 259 g/mol. The van der Waals surface area contributed by atoms with Crippen LogP contribution < -0.4 is 10.5 Å². The van der Waals surface area contributed by atoms with E-state index in [1.54, 1.807) is 0 Å². The SMILES string of the molecule is C[C@H](N)c1ccc(OC(F)(F)F)cc1F.Cl. The Kier molecular flexibility index (Phi) is 5.02. The van der Waals surface area contributed by atoms with Crippen LogP contribution in [-0.4, -0.2) is 6.36 Å². The Morgan fingerprint density at radius 1 is 1.31 bits per heavy atom. The van der Waals surface area contributed by atoms with Gasteiger partial charge in [-0.15, -0.1) is 25.6 Å². The van der Waals surface area contributed by atoms with Crippen LogP contribution in [0.25, 0.3) is 0 Å². The average Bonchev–Trinajstić information content (AvgIpc) is 1.99. The number of ether oxygens (including phenoxy) is 1. The van der Waals surface area contributed by atoms with Gasteiger partial charge in [0.15, 0.2) is 0 Å². The van der Waals surface area contributed by atoms with Crippen molar-refractivity contribution in [1.29, 1.82) is 0 Å². The highest BCUT2D eigenvalue weighted by Crippen LogP contribution is 2.25. The van der Waals surface area contributed by atoms with Crippen molar-refractivity contribution in [3.05, 3.63) is 29.6 Å². The molecular formula is C9H10ClF4NO. The zero-order valence-corrected chi connectivity index (χ0v) is 9.03. The Morgan fingerprint density at radius 2 is 1.88 bits per heavy atom. The topological polar surface area (TPSA) is 35.2 Å². The lowest BCUT2D eigenvalue weighted by Gasteiger charge is -2.11. The molecule has 0 bridgehead atoms. The number of hydrogen-bond donors (Lipinski definition) is 1. The Bertz CT molecular complexity index is 354. The highest BCUT2D eigenvalue weighted by Gasteiger charge is 2.31. The first kappa shape index (κ1) is 15.0. The van der Waals surface area contributed by atoms with Crippen molar-refractivity contribution in [3.63, 3.8) is 0 Å². The third kappa shape index (κ3) is 4.24. The number of benzene rings is 1. The minimum Gasteiger partial charge on any atom is -0.406 e. The summed E-state index contributed by atoms with van der Waals surface area (Å²) in [5.41, 5.74) is 5.53. The molecule has 0 aliphatic heterocycles. The zero-order chi connectivity index (χ0) is 11.6. The van der Waals surface area contributed by atoms with Gasteiger partial charge < -0.3 is 10.5 Å². The zero-order valence-electron chi connectivity index (χ0n) is 8.22. The second-order valence-electron chi connectivity index (χ2n) is 3.02. The summed E-state index contributed by atoms with van der Waals surface area (Å²) in [6.45, 7) is 1.53. The van der Waals surface area contributed by atoms with Crippen LogP contribution in [0.5, 0.6) is 5.75 Å². The van der Waals surface area contributed by atoms with Gasteiger partial charge in [0.2, 0.25) is 0 Å². The first-order valence-corrected chi connectivity index (χ1v) is 4.10. The van der Waals surface area contributed by atoms with Crippen molar-refractivity contribution in [2.45, 2.75) is 19.3 Å². The smallest absolute Gasteiger partial charge is 0.406 e. The predicted molar refractivity (Wildman–Crippen MR) is 52.9 cm³/mol. The molecule has 7 heteroatoms. The molecule has 0 heterocycles. The number of halogens is 5. The molecule has 0 aliphatic carbocycles. The molecule has 92 valence electrons. The third-order valence-corrected chi connectivity index (χ3v) is 1.70. The fourth-order valence-electron chi connectivity index (χ4n) is 1.07. The Hall–Kier alpha value is -1.01. The van der Waals surface area contributed by atoms with Gasteiger partial charge in [0, 0.05) is 17.7 Å². The van der Waals surface area contributed by atoms with Crippen LogP contribution in [0.1, 0.15) is 18.5 Å². The Balaban J connectivity index is 0.00000225. The molecule has 1 aromatic rings. The molecule has 1 rings (SSSR count). The molecular weight excluding hydrogens is 250 g/mol. The van der Waals surface area contributed by atoms with Gasteiger partial charge in [-0.25, -0.2) is 4.39 Å². The average molecular weight is 260 g/mol. The molecule has 0 radical (unpaired) electrons. The van der Waals surface area contributed by atoms with Crippen LogP contribution >= 0.6 is 12.4 Å². The van der Waals surface area contributed by atoms with Crippen LogP contribution in [-0.2, 0) is 0 Å². The van der Waals surface area contributed by atoms with E-state index in [2.05, 4.69) is 4.74 Å².